The lowest BCUT2D eigenvalue weighted by molar-refractivity contribution is -0.111. The van der Waals surface area contributed by atoms with Crippen molar-refractivity contribution in [2.24, 2.45) is 0 Å². The zero-order chi connectivity index (χ0) is 19.4. The quantitative estimate of drug-likeness (QED) is 0.307. The molecule has 28 heavy (non-hydrogen) atoms. The summed E-state index contributed by atoms with van der Waals surface area (Å²) in [4.78, 5) is 28.3. The summed E-state index contributed by atoms with van der Waals surface area (Å²) in [5, 5.41) is 0. The second-order valence-electron chi connectivity index (χ2n) is 6.72. The number of carbonyl (C=O) groups excluding carboxylic acids is 2. The number of rotatable bonds is 2. The van der Waals surface area contributed by atoms with Gasteiger partial charge in [0.2, 0.25) is 0 Å². The Morgan fingerprint density at radius 3 is 2.25 bits per heavy atom. The van der Waals surface area contributed by atoms with E-state index in [0.717, 1.165) is 26.9 Å². The number of hydrogen-bond donors (Lipinski definition) is 0. The van der Waals surface area contributed by atoms with Gasteiger partial charge in [0.25, 0.3) is 5.91 Å². The maximum absolute atomic E-state index is 13.1. The van der Waals surface area contributed by atoms with Crippen molar-refractivity contribution in [3.63, 3.8) is 0 Å². The van der Waals surface area contributed by atoms with E-state index >= 15 is 0 Å². The average Bonchev–Trinajstić information content (AvgIpc) is 3.17. The van der Waals surface area contributed by atoms with Crippen LogP contribution < -0.4 is 9.80 Å². The molecule has 0 aromatic heterocycles. The molecule has 136 valence electrons. The Morgan fingerprint density at radius 1 is 0.786 bits per heavy atom. The van der Waals surface area contributed by atoms with Crippen LogP contribution in [0.2, 0.25) is 0 Å². The Labute approximate surface area is 175 Å². The number of benzene rings is 3. The van der Waals surface area contributed by atoms with Crippen molar-refractivity contribution in [1.82, 2.24) is 0 Å². The van der Waals surface area contributed by atoms with Crippen LogP contribution in [-0.2, 0) is 11.2 Å². The number of imide groups is 1. The molecule has 0 atom stereocenters. The van der Waals surface area contributed by atoms with Gasteiger partial charge in [0.1, 0.15) is 0 Å². The number of thiocarbonyl (C=S) groups is 1. The van der Waals surface area contributed by atoms with Crippen LogP contribution in [0.3, 0.4) is 0 Å². The number of halogens is 1. The van der Waals surface area contributed by atoms with Gasteiger partial charge in [0, 0.05) is 4.47 Å². The minimum absolute atomic E-state index is 0.0175. The lowest BCUT2D eigenvalue weighted by Crippen LogP contribution is -2.33. The summed E-state index contributed by atoms with van der Waals surface area (Å²) < 4.78 is 0.884. The first-order valence-electron chi connectivity index (χ1n) is 8.74. The summed E-state index contributed by atoms with van der Waals surface area (Å²) in [6.07, 6.45) is 0.788. The summed E-state index contributed by atoms with van der Waals surface area (Å²) >= 11 is 8.66. The Hall–Kier alpha value is -2.83. The van der Waals surface area contributed by atoms with Gasteiger partial charge in [-0.25, -0.2) is 14.6 Å². The van der Waals surface area contributed by atoms with Gasteiger partial charge in [-0.1, -0.05) is 58.5 Å². The van der Waals surface area contributed by atoms with E-state index in [2.05, 4.69) is 28.1 Å². The lowest BCUT2D eigenvalue weighted by Gasteiger charge is -2.17. The maximum atomic E-state index is 13.1. The molecule has 1 fully saturated rings. The highest BCUT2D eigenvalue weighted by Gasteiger charge is 2.43. The molecule has 0 bridgehead atoms. The molecule has 0 saturated carbocycles. The van der Waals surface area contributed by atoms with Crippen molar-refractivity contribution in [1.29, 1.82) is 0 Å². The lowest BCUT2D eigenvalue weighted by atomic mass is 10.1. The summed E-state index contributed by atoms with van der Waals surface area (Å²) in [5.74, 6) is -0.474. The molecule has 3 aromatic rings. The molecule has 3 aromatic carbocycles. The molecule has 2 aliphatic rings. The van der Waals surface area contributed by atoms with E-state index in [0.29, 0.717) is 11.4 Å². The fraction of sp³-hybridized carbons (Fsp3) is 0.0455. The average molecular weight is 449 g/mol. The Bertz CT molecular complexity index is 1170. The highest BCUT2D eigenvalue weighted by atomic mass is 79.9. The van der Waals surface area contributed by atoms with Gasteiger partial charge in [0.05, 0.1) is 11.4 Å². The van der Waals surface area contributed by atoms with E-state index in [9.17, 15) is 9.59 Å². The molecule has 0 radical (unpaired) electrons. The van der Waals surface area contributed by atoms with E-state index in [1.165, 1.54) is 16.0 Å². The summed E-state index contributed by atoms with van der Waals surface area (Å²) in [6, 6.07) is 20.6. The molecule has 1 heterocycles. The topological polar surface area (TPSA) is 40.6 Å². The van der Waals surface area contributed by atoms with Gasteiger partial charge in [-0.3, -0.25) is 4.79 Å². The number of hydrogen-bond acceptors (Lipinski definition) is 3. The second-order valence-corrected chi connectivity index (χ2v) is 8.02. The third-order valence-corrected chi connectivity index (χ3v) is 5.98. The summed E-state index contributed by atoms with van der Waals surface area (Å²) in [7, 11) is 0. The van der Waals surface area contributed by atoms with Gasteiger partial charge in [-0.05, 0) is 65.1 Å². The van der Waals surface area contributed by atoms with E-state index in [4.69, 9.17) is 12.2 Å². The SMILES string of the molecule is O=C1C(=S)N(c2ccc(Br)cc2)C(=O)N1c1ccc2c(c1)Cc1ccccc1-2. The van der Waals surface area contributed by atoms with Gasteiger partial charge < -0.3 is 0 Å². The monoisotopic (exact) mass is 448 g/mol. The van der Waals surface area contributed by atoms with Crippen LogP contribution in [0, 0.1) is 0 Å². The number of anilines is 2. The predicted octanol–water partition coefficient (Wildman–Crippen LogP) is 5.32. The van der Waals surface area contributed by atoms with Crippen molar-refractivity contribution < 1.29 is 9.59 Å². The Balaban J connectivity index is 1.53. The van der Waals surface area contributed by atoms with Crippen LogP contribution >= 0.6 is 28.1 Å². The highest BCUT2D eigenvalue weighted by Crippen LogP contribution is 2.39. The number of amides is 3. The van der Waals surface area contributed by atoms with Gasteiger partial charge in [-0.15, -0.1) is 0 Å². The molecule has 0 spiro atoms. The number of carbonyl (C=O) groups is 2. The minimum Gasteiger partial charge on any atom is -0.265 e. The normalized spacial score (nSPS) is 15.2. The minimum atomic E-state index is -0.474. The van der Waals surface area contributed by atoms with Crippen LogP contribution in [0.15, 0.2) is 71.2 Å². The molecule has 5 rings (SSSR count). The summed E-state index contributed by atoms with van der Waals surface area (Å²) in [5.41, 5.74) is 5.82. The fourth-order valence-electron chi connectivity index (χ4n) is 3.78. The van der Waals surface area contributed by atoms with Crippen LogP contribution in [0.25, 0.3) is 11.1 Å². The smallest absolute Gasteiger partial charge is 0.265 e. The van der Waals surface area contributed by atoms with Gasteiger partial charge in [0.15, 0.2) is 4.99 Å². The molecule has 3 amide bonds. The first-order valence-corrected chi connectivity index (χ1v) is 9.94. The zero-order valence-corrected chi connectivity index (χ0v) is 17.0. The number of urea groups is 1. The van der Waals surface area contributed by atoms with E-state index in [1.54, 1.807) is 12.1 Å². The molecule has 1 aliphatic heterocycles. The predicted molar refractivity (Wildman–Crippen MR) is 117 cm³/mol. The van der Waals surface area contributed by atoms with Crippen molar-refractivity contribution in [3.8, 4) is 11.1 Å². The molecule has 1 saturated heterocycles. The summed E-state index contributed by atoms with van der Waals surface area (Å²) in [6.45, 7) is 0. The first kappa shape index (κ1) is 17.3. The van der Waals surface area contributed by atoms with Crippen molar-refractivity contribution >= 4 is 56.4 Å². The fourth-order valence-corrected chi connectivity index (χ4v) is 4.32. The highest BCUT2D eigenvalue weighted by molar-refractivity contribution is 9.10. The van der Waals surface area contributed by atoms with Crippen LogP contribution in [0.5, 0.6) is 0 Å². The van der Waals surface area contributed by atoms with Crippen molar-refractivity contribution in [2.45, 2.75) is 6.42 Å². The van der Waals surface area contributed by atoms with E-state index < -0.39 is 11.9 Å². The second kappa shape index (κ2) is 6.36. The Morgan fingerprint density at radius 2 is 1.46 bits per heavy atom. The standard InChI is InChI=1S/C22H13BrN2O2S/c23-15-5-7-16(8-6-15)25-21(28)20(26)24(22(25)27)17-9-10-19-14(12-17)11-13-3-1-2-4-18(13)19/h1-10,12H,11H2. The molecule has 0 N–H and O–H groups in total. The molecular weight excluding hydrogens is 436 g/mol. The van der Waals surface area contributed by atoms with Crippen LogP contribution in [-0.4, -0.2) is 16.9 Å². The maximum Gasteiger partial charge on any atom is 0.341 e. The van der Waals surface area contributed by atoms with Crippen LogP contribution in [0.4, 0.5) is 16.2 Å². The molecule has 0 unspecified atom stereocenters. The van der Waals surface area contributed by atoms with Crippen LogP contribution in [0.1, 0.15) is 11.1 Å². The third kappa shape index (κ3) is 2.52. The molecule has 4 nitrogen and oxygen atoms in total. The zero-order valence-electron chi connectivity index (χ0n) is 14.6. The molecule has 6 heteroatoms. The first-order chi connectivity index (χ1) is 13.5. The van der Waals surface area contributed by atoms with Crippen molar-refractivity contribution in [3.05, 3.63) is 82.3 Å². The van der Waals surface area contributed by atoms with Crippen molar-refractivity contribution in [2.75, 3.05) is 9.80 Å². The Kier molecular flexibility index (Phi) is 3.92. The number of nitrogens with zero attached hydrogens (tertiary/aromatic N) is 2. The largest absolute Gasteiger partial charge is 0.341 e. The molecular formula is C22H13BrN2O2S. The molecule has 1 aliphatic carbocycles. The van der Waals surface area contributed by atoms with Gasteiger partial charge in [-0.2, -0.15) is 0 Å². The van der Waals surface area contributed by atoms with E-state index in [1.807, 2.05) is 42.5 Å². The van der Waals surface area contributed by atoms with E-state index in [-0.39, 0.29) is 4.99 Å². The van der Waals surface area contributed by atoms with Gasteiger partial charge >= 0.3 is 6.03 Å². The number of fused-ring (bicyclic) bond motifs is 3. The third-order valence-electron chi connectivity index (χ3n) is 5.09.